The van der Waals surface area contributed by atoms with Crippen LogP contribution in [0.15, 0.2) is 57.9 Å². The number of nitrogens with zero attached hydrogens (tertiary/aromatic N) is 6. The molecule has 1 aromatic carbocycles. The van der Waals surface area contributed by atoms with E-state index < -0.39 is 5.60 Å². The second kappa shape index (κ2) is 7.06. The van der Waals surface area contributed by atoms with E-state index in [2.05, 4.69) is 10.0 Å². The molecule has 0 atom stereocenters. The van der Waals surface area contributed by atoms with Crippen LogP contribution < -0.4 is 0 Å². The van der Waals surface area contributed by atoms with Gasteiger partial charge in [-0.2, -0.15) is 15.8 Å². The molecule has 7 heteroatoms. The van der Waals surface area contributed by atoms with Gasteiger partial charge in [-0.15, -0.1) is 0 Å². The van der Waals surface area contributed by atoms with Gasteiger partial charge in [-0.05, 0) is 24.9 Å². The minimum atomic E-state index is -0.846. The van der Waals surface area contributed by atoms with Gasteiger partial charge < -0.3 is 4.74 Å². The average Bonchev–Trinajstić information content (AvgIpc) is 2.85. The van der Waals surface area contributed by atoms with Gasteiger partial charge in [0.05, 0.1) is 0 Å². The first-order valence-corrected chi connectivity index (χ1v) is 7.18. The Bertz CT molecular complexity index is 952. The molecular weight excluding hydrogens is 316 g/mol. The summed E-state index contributed by atoms with van der Waals surface area (Å²) < 4.78 is 5.68. The second-order valence-electron chi connectivity index (χ2n) is 5.55. The van der Waals surface area contributed by atoms with Gasteiger partial charge in [-0.25, -0.2) is 0 Å². The SMILES string of the molecule is CC1(C)OC(=C(C#N)C#N)C(C#N)=C1/C=C/c1ccc(N=[N+]=[N-])cc1. The highest BCUT2D eigenvalue weighted by molar-refractivity contribution is 5.64. The zero-order valence-corrected chi connectivity index (χ0v) is 13.6. The maximum Gasteiger partial charge on any atom is 0.172 e. The van der Waals surface area contributed by atoms with Crippen LogP contribution in [0.3, 0.4) is 0 Å². The second-order valence-corrected chi connectivity index (χ2v) is 5.55. The largest absolute Gasteiger partial charge is 0.480 e. The fraction of sp³-hybridized carbons (Fsp3) is 0.167. The Kier molecular flexibility index (Phi) is 4.91. The molecule has 0 saturated heterocycles. The Balaban J connectivity index is 2.48. The summed E-state index contributed by atoms with van der Waals surface area (Å²) in [6.45, 7) is 3.52. The van der Waals surface area contributed by atoms with Crippen LogP contribution in [0.1, 0.15) is 19.4 Å². The quantitative estimate of drug-likeness (QED) is 0.348. The van der Waals surface area contributed by atoms with E-state index in [1.165, 1.54) is 0 Å². The van der Waals surface area contributed by atoms with Crippen molar-refractivity contribution in [3.8, 4) is 18.2 Å². The molecule has 1 heterocycles. The molecule has 0 spiro atoms. The van der Waals surface area contributed by atoms with Gasteiger partial charge in [0.2, 0.25) is 0 Å². The molecule has 0 radical (unpaired) electrons. The maximum absolute atomic E-state index is 9.45. The highest BCUT2D eigenvalue weighted by Crippen LogP contribution is 2.40. The Morgan fingerprint density at radius 1 is 1.16 bits per heavy atom. The molecule has 1 aromatic rings. The summed E-state index contributed by atoms with van der Waals surface area (Å²) in [5.74, 6) is 0.0101. The Hall–Kier alpha value is -3.98. The zero-order valence-electron chi connectivity index (χ0n) is 13.6. The number of hydrogen-bond acceptors (Lipinski definition) is 5. The van der Waals surface area contributed by atoms with Crippen molar-refractivity contribution in [2.75, 3.05) is 0 Å². The van der Waals surface area contributed by atoms with Crippen LogP contribution in [-0.2, 0) is 4.74 Å². The van der Waals surface area contributed by atoms with E-state index in [4.69, 9.17) is 20.8 Å². The first-order chi connectivity index (χ1) is 12.0. The standard InChI is InChI=1S/C18H12N6O/c1-18(2)16(15(11-21)17(25-18)13(9-19)10-20)8-5-12-3-6-14(7-4-12)23-24-22/h3-8H,1-2H3/b8-5+. The van der Waals surface area contributed by atoms with Crippen molar-refractivity contribution >= 4 is 11.8 Å². The molecule has 0 aromatic heterocycles. The third kappa shape index (κ3) is 3.51. The summed E-state index contributed by atoms with van der Waals surface area (Å²) in [6.07, 6.45) is 3.50. The Morgan fingerprint density at radius 3 is 2.32 bits per heavy atom. The smallest absolute Gasteiger partial charge is 0.172 e. The van der Waals surface area contributed by atoms with E-state index >= 15 is 0 Å². The van der Waals surface area contributed by atoms with E-state index in [1.54, 1.807) is 62.4 Å². The molecule has 0 amide bonds. The van der Waals surface area contributed by atoms with Gasteiger partial charge in [0, 0.05) is 16.2 Å². The van der Waals surface area contributed by atoms with Gasteiger partial charge >= 0.3 is 0 Å². The van der Waals surface area contributed by atoms with Crippen molar-refractivity contribution < 1.29 is 4.74 Å². The monoisotopic (exact) mass is 328 g/mol. The van der Waals surface area contributed by atoms with Gasteiger partial charge in [-0.3, -0.25) is 0 Å². The third-order valence-corrected chi connectivity index (χ3v) is 3.56. The maximum atomic E-state index is 9.45. The fourth-order valence-electron chi connectivity index (χ4n) is 2.37. The number of ether oxygens (including phenoxy) is 1. The van der Waals surface area contributed by atoms with Crippen LogP contribution in [0.4, 0.5) is 5.69 Å². The average molecular weight is 328 g/mol. The number of rotatable bonds is 3. The van der Waals surface area contributed by atoms with Crippen LogP contribution in [0.2, 0.25) is 0 Å². The van der Waals surface area contributed by atoms with Crippen LogP contribution in [0, 0.1) is 34.0 Å². The summed E-state index contributed by atoms with van der Waals surface area (Å²) in [5.41, 5.74) is 9.40. The lowest BCUT2D eigenvalue weighted by Crippen LogP contribution is -2.20. The Labute approximate surface area is 144 Å². The van der Waals surface area contributed by atoms with Crippen LogP contribution >= 0.6 is 0 Å². The summed E-state index contributed by atoms with van der Waals surface area (Å²) in [5, 5.41) is 31.0. The van der Waals surface area contributed by atoms with E-state index in [0.29, 0.717) is 11.3 Å². The van der Waals surface area contributed by atoms with Crippen molar-refractivity contribution in [2.45, 2.75) is 19.4 Å². The van der Waals surface area contributed by atoms with Gasteiger partial charge in [0.15, 0.2) is 11.3 Å². The first-order valence-electron chi connectivity index (χ1n) is 7.18. The summed E-state index contributed by atoms with van der Waals surface area (Å²) in [7, 11) is 0. The number of benzene rings is 1. The number of nitriles is 3. The van der Waals surface area contributed by atoms with E-state index in [9.17, 15) is 5.26 Å². The lowest BCUT2D eigenvalue weighted by Gasteiger charge is -2.20. The van der Waals surface area contributed by atoms with Crippen LogP contribution in [0.25, 0.3) is 16.5 Å². The molecule has 120 valence electrons. The summed E-state index contributed by atoms with van der Waals surface area (Å²) in [6, 6.07) is 12.4. The summed E-state index contributed by atoms with van der Waals surface area (Å²) >= 11 is 0. The molecule has 0 N–H and O–H groups in total. The normalized spacial score (nSPS) is 14.9. The number of azide groups is 1. The number of hydrogen-bond donors (Lipinski definition) is 0. The molecule has 1 aliphatic heterocycles. The van der Waals surface area contributed by atoms with E-state index in [0.717, 1.165) is 5.56 Å². The predicted molar refractivity (Wildman–Crippen MR) is 90.3 cm³/mol. The van der Waals surface area contributed by atoms with E-state index in [-0.39, 0.29) is 16.9 Å². The molecule has 2 rings (SSSR count). The lowest BCUT2D eigenvalue weighted by molar-refractivity contribution is 0.0954. The van der Waals surface area contributed by atoms with Crippen molar-refractivity contribution in [3.05, 3.63) is 68.8 Å². The molecule has 7 nitrogen and oxygen atoms in total. The van der Waals surface area contributed by atoms with Crippen LogP contribution in [0.5, 0.6) is 0 Å². The zero-order chi connectivity index (χ0) is 18.4. The highest BCUT2D eigenvalue weighted by atomic mass is 16.5. The third-order valence-electron chi connectivity index (χ3n) is 3.56. The molecule has 0 aliphatic carbocycles. The molecule has 25 heavy (non-hydrogen) atoms. The fourth-order valence-corrected chi connectivity index (χ4v) is 2.37. The predicted octanol–water partition coefficient (Wildman–Crippen LogP) is 4.57. The first kappa shape index (κ1) is 17.4. The molecule has 0 unspecified atom stereocenters. The van der Waals surface area contributed by atoms with Gasteiger partial charge in [0.25, 0.3) is 0 Å². The number of allylic oxidation sites excluding steroid dienone is 2. The molecule has 0 saturated carbocycles. The molecule has 0 bridgehead atoms. The molecular formula is C18H12N6O. The van der Waals surface area contributed by atoms with Crippen LogP contribution in [-0.4, -0.2) is 5.60 Å². The molecule has 0 fully saturated rings. The minimum Gasteiger partial charge on any atom is -0.480 e. The summed E-state index contributed by atoms with van der Waals surface area (Å²) in [4.78, 5) is 2.71. The van der Waals surface area contributed by atoms with Gasteiger partial charge in [-0.1, -0.05) is 41.5 Å². The van der Waals surface area contributed by atoms with Crippen molar-refractivity contribution in [1.82, 2.24) is 0 Å². The highest BCUT2D eigenvalue weighted by Gasteiger charge is 2.38. The lowest BCUT2D eigenvalue weighted by atomic mass is 9.94. The molecule has 1 aliphatic rings. The van der Waals surface area contributed by atoms with Crippen molar-refractivity contribution in [2.24, 2.45) is 5.11 Å². The van der Waals surface area contributed by atoms with E-state index in [1.807, 2.05) is 6.07 Å². The Morgan fingerprint density at radius 2 is 1.80 bits per heavy atom. The minimum absolute atomic E-state index is 0.0101. The van der Waals surface area contributed by atoms with Gasteiger partial charge in [0.1, 0.15) is 29.4 Å². The topological polar surface area (TPSA) is 129 Å². The van der Waals surface area contributed by atoms with Crippen molar-refractivity contribution in [1.29, 1.82) is 15.8 Å². The van der Waals surface area contributed by atoms with Crippen molar-refractivity contribution in [3.63, 3.8) is 0 Å².